The monoisotopic (exact) mass is 298 g/mol. The highest BCUT2D eigenvalue weighted by molar-refractivity contribution is 6.30. The lowest BCUT2D eigenvalue weighted by Crippen LogP contribution is -2.02. The van der Waals surface area contributed by atoms with Gasteiger partial charge in [0.25, 0.3) is 0 Å². The van der Waals surface area contributed by atoms with Gasteiger partial charge in [-0.1, -0.05) is 46.6 Å². The van der Waals surface area contributed by atoms with Gasteiger partial charge in [-0.25, -0.2) is 4.68 Å². The molecule has 0 saturated carbocycles. The lowest BCUT2D eigenvalue weighted by Gasteiger charge is -2.08. The molecule has 0 amide bonds. The Bertz CT molecular complexity index is 745. The van der Waals surface area contributed by atoms with E-state index < -0.39 is 0 Å². The second kappa shape index (κ2) is 5.68. The quantitative estimate of drug-likeness (QED) is 0.806. The minimum Gasteiger partial charge on any atom is -0.325 e. The average molecular weight is 299 g/mol. The third-order valence-electron chi connectivity index (χ3n) is 3.33. The van der Waals surface area contributed by atoms with Gasteiger partial charge in [0.05, 0.1) is 11.4 Å². The second-order valence-electron chi connectivity index (χ2n) is 4.84. The molecule has 3 rings (SSSR count). The van der Waals surface area contributed by atoms with Crippen LogP contribution in [0.5, 0.6) is 0 Å². The van der Waals surface area contributed by atoms with Gasteiger partial charge in [-0.2, -0.15) is 0 Å². The first-order chi connectivity index (χ1) is 10.2. The minimum absolute atomic E-state index is 0.344. The maximum Gasteiger partial charge on any atom is 0.105 e. The SMILES string of the molecule is Cc1ccc(-c2c(CN)nnn2-c2ccc(Cl)cc2)cc1. The Morgan fingerprint density at radius 2 is 1.71 bits per heavy atom. The number of halogens is 1. The molecule has 106 valence electrons. The smallest absolute Gasteiger partial charge is 0.105 e. The van der Waals surface area contributed by atoms with E-state index in [4.69, 9.17) is 17.3 Å². The van der Waals surface area contributed by atoms with Gasteiger partial charge in [-0.05, 0) is 31.2 Å². The first-order valence-electron chi connectivity index (χ1n) is 6.66. The van der Waals surface area contributed by atoms with Crippen LogP contribution in [0, 0.1) is 6.92 Å². The molecule has 1 heterocycles. The summed E-state index contributed by atoms with van der Waals surface area (Å²) in [6.07, 6.45) is 0. The van der Waals surface area contributed by atoms with Crippen molar-refractivity contribution in [2.24, 2.45) is 5.73 Å². The molecule has 0 radical (unpaired) electrons. The fraction of sp³-hybridized carbons (Fsp3) is 0.125. The molecule has 21 heavy (non-hydrogen) atoms. The van der Waals surface area contributed by atoms with Crippen LogP contribution in [0.3, 0.4) is 0 Å². The summed E-state index contributed by atoms with van der Waals surface area (Å²) >= 11 is 5.94. The Hall–Kier alpha value is -2.17. The van der Waals surface area contributed by atoms with Gasteiger partial charge in [0.15, 0.2) is 0 Å². The number of nitrogens with two attached hydrogens (primary N) is 1. The van der Waals surface area contributed by atoms with Crippen LogP contribution < -0.4 is 5.73 Å². The number of aromatic nitrogens is 3. The fourth-order valence-electron chi connectivity index (χ4n) is 2.21. The standard InChI is InChI=1S/C16H15ClN4/c1-11-2-4-12(5-3-11)16-15(10-18)19-20-21(16)14-8-6-13(17)7-9-14/h2-9H,10,18H2,1H3. The topological polar surface area (TPSA) is 56.7 Å². The predicted molar refractivity (Wildman–Crippen MR) is 84.4 cm³/mol. The van der Waals surface area contributed by atoms with Crippen LogP contribution in [0.4, 0.5) is 0 Å². The highest BCUT2D eigenvalue weighted by Gasteiger charge is 2.15. The molecule has 0 fully saturated rings. The first-order valence-corrected chi connectivity index (χ1v) is 7.04. The molecule has 2 N–H and O–H groups in total. The Morgan fingerprint density at radius 1 is 1.05 bits per heavy atom. The van der Waals surface area contributed by atoms with Crippen molar-refractivity contribution in [2.75, 3.05) is 0 Å². The van der Waals surface area contributed by atoms with Gasteiger partial charge >= 0.3 is 0 Å². The summed E-state index contributed by atoms with van der Waals surface area (Å²) in [6, 6.07) is 15.7. The highest BCUT2D eigenvalue weighted by atomic mass is 35.5. The molecule has 0 saturated heterocycles. The Balaban J connectivity index is 2.16. The zero-order valence-corrected chi connectivity index (χ0v) is 12.4. The summed E-state index contributed by atoms with van der Waals surface area (Å²) < 4.78 is 1.79. The molecule has 2 aromatic carbocycles. The molecule has 0 unspecified atom stereocenters. The molecule has 3 aromatic rings. The molecule has 0 spiro atoms. The summed E-state index contributed by atoms with van der Waals surface area (Å²) in [6.45, 7) is 2.40. The summed E-state index contributed by atoms with van der Waals surface area (Å²) in [5, 5.41) is 9.11. The summed E-state index contributed by atoms with van der Waals surface area (Å²) in [4.78, 5) is 0. The Morgan fingerprint density at radius 3 is 2.33 bits per heavy atom. The van der Waals surface area contributed by atoms with E-state index in [0.29, 0.717) is 11.6 Å². The zero-order chi connectivity index (χ0) is 14.8. The largest absolute Gasteiger partial charge is 0.325 e. The van der Waals surface area contributed by atoms with Crippen LogP contribution in [0.1, 0.15) is 11.3 Å². The molecule has 4 nitrogen and oxygen atoms in total. The van der Waals surface area contributed by atoms with Crippen LogP contribution in [0.25, 0.3) is 16.9 Å². The van der Waals surface area contributed by atoms with Crippen molar-refractivity contribution in [3.8, 4) is 16.9 Å². The normalized spacial score (nSPS) is 10.8. The molecular formula is C16H15ClN4. The molecular weight excluding hydrogens is 284 g/mol. The molecule has 0 aliphatic rings. The van der Waals surface area contributed by atoms with Crippen molar-refractivity contribution < 1.29 is 0 Å². The number of rotatable bonds is 3. The molecule has 0 bridgehead atoms. The van der Waals surface area contributed by atoms with Crippen LogP contribution in [0.15, 0.2) is 48.5 Å². The van der Waals surface area contributed by atoms with E-state index in [2.05, 4.69) is 41.5 Å². The summed E-state index contributed by atoms with van der Waals surface area (Å²) in [7, 11) is 0. The van der Waals surface area contributed by atoms with Crippen molar-refractivity contribution in [1.29, 1.82) is 0 Å². The van der Waals surface area contributed by atoms with Gasteiger partial charge in [0, 0.05) is 17.1 Å². The summed E-state index contributed by atoms with van der Waals surface area (Å²) in [5.74, 6) is 0. The van der Waals surface area contributed by atoms with Crippen molar-refractivity contribution in [2.45, 2.75) is 13.5 Å². The number of hydrogen-bond donors (Lipinski definition) is 1. The number of benzene rings is 2. The van der Waals surface area contributed by atoms with E-state index in [0.717, 1.165) is 22.6 Å². The molecule has 1 aromatic heterocycles. The van der Waals surface area contributed by atoms with Gasteiger partial charge in [0.1, 0.15) is 5.69 Å². The van der Waals surface area contributed by atoms with Crippen LogP contribution in [-0.2, 0) is 6.54 Å². The number of nitrogens with zero attached hydrogens (tertiary/aromatic N) is 3. The summed E-state index contributed by atoms with van der Waals surface area (Å²) in [5.41, 5.74) is 10.6. The van der Waals surface area contributed by atoms with Crippen molar-refractivity contribution >= 4 is 11.6 Å². The van der Waals surface area contributed by atoms with E-state index in [9.17, 15) is 0 Å². The maximum absolute atomic E-state index is 5.94. The highest BCUT2D eigenvalue weighted by Crippen LogP contribution is 2.26. The lowest BCUT2D eigenvalue weighted by atomic mass is 10.1. The van der Waals surface area contributed by atoms with E-state index in [1.165, 1.54) is 5.56 Å². The lowest BCUT2D eigenvalue weighted by molar-refractivity contribution is 0.800. The minimum atomic E-state index is 0.344. The molecule has 0 aliphatic carbocycles. The maximum atomic E-state index is 5.94. The van der Waals surface area contributed by atoms with E-state index in [1.807, 2.05) is 24.3 Å². The van der Waals surface area contributed by atoms with Crippen LogP contribution in [0.2, 0.25) is 5.02 Å². The zero-order valence-electron chi connectivity index (χ0n) is 11.6. The Labute approximate surface area is 128 Å². The van der Waals surface area contributed by atoms with Crippen molar-refractivity contribution in [1.82, 2.24) is 15.0 Å². The van der Waals surface area contributed by atoms with Crippen molar-refractivity contribution in [3.63, 3.8) is 0 Å². The van der Waals surface area contributed by atoms with Gasteiger partial charge in [-0.15, -0.1) is 5.10 Å². The second-order valence-corrected chi connectivity index (χ2v) is 5.28. The third-order valence-corrected chi connectivity index (χ3v) is 3.58. The number of hydrogen-bond acceptors (Lipinski definition) is 3. The van der Waals surface area contributed by atoms with E-state index in [-0.39, 0.29) is 0 Å². The van der Waals surface area contributed by atoms with Crippen LogP contribution in [-0.4, -0.2) is 15.0 Å². The van der Waals surface area contributed by atoms with Crippen LogP contribution >= 0.6 is 11.6 Å². The van der Waals surface area contributed by atoms with E-state index >= 15 is 0 Å². The molecule has 5 heteroatoms. The van der Waals surface area contributed by atoms with E-state index in [1.54, 1.807) is 4.68 Å². The molecule has 0 atom stereocenters. The molecule has 0 aliphatic heterocycles. The predicted octanol–water partition coefficient (Wildman–Crippen LogP) is 3.35. The fourth-order valence-corrected chi connectivity index (χ4v) is 2.34. The van der Waals surface area contributed by atoms with Crippen molar-refractivity contribution in [3.05, 3.63) is 64.8 Å². The van der Waals surface area contributed by atoms with Gasteiger partial charge < -0.3 is 5.73 Å². The average Bonchev–Trinajstić information content (AvgIpc) is 2.93. The van der Waals surface area contributed by atoms with Gasteiger partial charge in [0.2, 0.25) is 0 Å². The van der Waals surface area contributed by atoms with Gasteiger partial charge in [-0.3, -0.25) is 0 Å². The Kier molecular flexibility index (Phi) is 3.73. The number of aryl methyl sites for hydroxylation is 1. The first kappa shape index (κ1) is 13.8. The third kappa shape index (κ3) is 2.68.